The van der Waals surface area contributed by atoms with Crippen LogP contribution in [0.2, 0.25) is 0 Å². The molecule has 0 radical (unpaired) electrons. The number of aliphatic imine (C=N–C) groups is 1. The molecule has 0 spiro atoms. The molecule has 1 saturated heterocycles. The predicted octanol–water partition coefficient (Wildman–Crippen LogP) is 1.57. The Labute approximate surface area is 200 Å². The Morgan fingerprint density at radius 2 is 1.91 bits per heavy atom. The van der Waals surface area contributed by atoms with Crippen molar-refractivity contribution in [3.63, 3.8) is 0 Å². The second-order valence-corrected chi connectivity index (χ2v) is 10.4. The number of hydrogen-bond donors (Lipinski definition) is 1. The molecule has 2 aliphatic heterocycles. The predicted molar refractivity (Wildman–Crippen MR) is 129 cm³/mol. The second-order valence-electron chi connectivity index (χ2n) is 8.50. The van der Waals surface area contributed by atoms with Crippen molar-refractivity contribution >= 4 is 15.9 Å². The van der Waals surface area contributed by atoms with Crippen LogP contribution in [0.1, 0.15) is 52.3 Å². The van der Waals surface area contributed by atoms with E-state index in [0.717, 1.165) is 18.8 Å². The highest BCUT2D eigenvalue weighted by molar-refractivity contribution is 7.89. The van der Waals surface area contributed by atoms with Crippen molar-refractivity contribution in [1.82, 2.24) is 19.3 Å². The molecule has 2 aromatic rings. The van der Waals surface area contributed by atoms with E-state index in [2.05, 4.69) is 26.9 Å². The smallest absolute Gasteiger partial charge is 0.319 e. The average molecular weight is 490 g/mol. The van der Waals surface area contributed by atoms with Gasteiger partial charge in [-0.25, -0.2) is 8.42 Å². The lowest BCUT2D eigenvalue weighted by Gasteiger charge is -2.33. The number of rotatable bonds is 8. The Bertz CT molecular complexity index is 1250. The molecule has 1 fully saturated rings. The van der Waals surface area contributed by atoms with Crippen LogP contribution >= 0.6 is 0 Å². The Balaban J connectivity index is 1.78. The third-order valence-electron chi connectivity index (χ3n) is 6.27. The number of nitrogens with one attached hydrogen (secondary N) is 1. The van der Waals surface area contributed by atoms with Gasteiger partial charge >= 0.3 is 5.84 Å². The SMILES string of the molecule is CCCC1=NC(C)c2c(=O)[nH]c(-c3cc(S(=O)(=O)N4CCN(CC)CC4)ccc3OCC)n[n+]21. The summed E-state index contributed by atoms with van der Waals surface area (Å²) >= 11 is 0. The van der Waals surface area contributed by atoms with Crippen molar-refractivity contribution in [2.24, 2.45) is 4.99 Å². The van der Waals surface area contributed by atoms with E-state index in [0.29, 0.717) is 56.2 Å². The molecule has 11 heteroatoms. The molecule has 0 saturated carbocycles. The Kier molecular flexibility index (Phi) is 7.15. The van der Waals surface area contributed by atoms with E-state index in [9.17, 15) is 13.2 Å². The van der Waals surface area contributed by atoms with Gasteiger partial charge in [-0.1, -0.05) is 28.6 Å². The summed E-state index contributed by atoms with van der Waals surface area (Å²) in [4.78, 5) is 22.8. The fourth-order valence-corrected chi connectivity index (χ4v) is 5.88. The van der Waals surface area contributed by atoms with Gasteiger partial charge in [0.2, 0.25) is 21.8 Å². The summed E-state index contributed by atoms with van der Waals surface area (Å²) in [6, 6.07) is 4.45. The number of fused-ring (bicyclic) bond motifs is 1. The van der Waals surface area contributed by atoms with Crippen molar-refractivity contribution in [1.29, 1.82) is 0 Å². The molecule has 1 N–H and O–H groups in total. The molecule has 3 heterocycles. The summed E-state index contributed by atoms with van der Waals surface area (Å²) in [6.45, 7) is 11.4. The number of benzene rings is 1. The zero-order valence-electron chi connectivity index (χ0n) is 20.2. The fourth-order valence-electron chi connectivity index (χ4n) is 4.44. The summed E-state index contributed by atoms with van der Waals surface area (Å²) in [6.07, 6.45) is 1.55. The maximum Gasteiger partial charge on any atom is 0.319 e. The number of aromatic nitrogens is 3. The number of ether oxygens (including phenoxy) is 1. The van der Waals surface area contributed by atoms with E-state index >= 15 is 0 Å². The molecule has 1 atom stereocenters. The zero-order chi connectivity index (χ0) is 24.5. The lowest BCUT2D eigenvalue weighted by atomic mass is 10.2. The lowest BCUT2D eigenvalue weighted by molar-refractivity contribution is -0.628. The minimum Gasteiger partial charge on any atom is -0.493 e. The van der Waals surface area contributed by atoms with E-state index in [1.165, 1.54) is 4.31 Å². The van der Waals surface area contributed by atoms with Crippen molar-refractivity contribution in [2.45, 2.75) is 51.5 Å². The Hall–Kier alpha value is -2.63. The van der Waals surface area contributed by atoms with Gasteiger partial charge < -0.3 is 9.64 Å². The number of H-pyrrole nitrogens is 1. The molecule has 1 aromatic heterocycles. The lowest BCUT2D eigenvalue weighted by Crippen LogP contribution is -2.51. The highest BCUT2D eigenvalue weighted by Crippen LogP contribution is 2.31. The number of likely N-dealkylation sites (N-methyl/N-ethyl adjacent to an activating group) is 1. The topological polar surface area (TPSA) is 112 Å². The summed E-state index contributed by atoms with van der Waals surface area (Å²) in [5.41, 5.74) is 0.611. The maximum atomic E-state index is 13.4. The van der Waals surface area contributed by atoms with Gasteiger partial charge in [0.05, 0.1) is 23.5 Å². The molecule has 1 unspecified atom stereocenters. The van der Waals surface area contributed by atoms with Gasteiger partial charge in [0.25, 0.3) is 5.56 Å². The van der Waals surface area contributed by atoms with E-state index in [4.69, 9.17) is 4.74 Å². The molecule has 0 amide bonds. The normalized spacial score (nSPS) is 19.2. The van der Waals surface area contributed by atoms with E-state index < -0.39 is 10.0 Å². The highest BCUT2D eigenvalue weighted by atomic mass is 32.2. The maximum absolute atomic E-state index is 13.4. The van der Waals surface area contributed by atoms with E-state index in [-0.39, 0.29) is 22.3 Å². The Morgan fingerprint density at radius 1 is 1.18 bits per heavy atom. The highest BCUT2D eigenvalue weighted by Gasteiger charge is 2.37. The molecular formula is C23H33N6O4S+. The van der Waals surface area contributed by atoms with Crippen LogP contribution in [0.5, 0.6) is 5.75 Å². The number of sulfonamides is 1. The molecular weight excluding hydrogens is 456 g/mol. The van der Waals surface area contributed by atoms with Crippen LogP contribution in [-0.4, -0.2) is 72.9 Å². The van der Waals surface area contributed by atoms with Crippen LogP contribution in [0.25, 0.3) is 11.4 Å². The van der Waals surface area contributed by atoms with Crippen LogP contribution in [0, 0.1) is 0 Å². The molecule has 4 rings (SSSR count). The van der Waals surface area contributed by atoms with E-state index in [1.54, 1.807) is 22.9 Å². The molecule has 10 nitrogen and oxygen atoms in total. The number of piperazine rings is 1. The summed E-state index contributed by atoms with van der Waals surface area (Å²) < 4.78 is 35.7. The standard InChI is InChI=1S/C23H32N6O4S/c1-5-8-20-24-16(4)21-23(30)25-22(26-29(20)21)18-15-17(9-10-19(18)33-7-3)34(31,32)28-13-11-27(6-2)12-14-28/h9-10,15-16H,5-8,11-14H2,1-4H3/p+1. The van der Waals surface area contributed by atoms with Gasteiger partial charge in [-0.15, -0.1) is 0 Å². The number of nitrogens with zero attached hydrogens (tertiary/aromatic N) is 5. The first-order chi connectivity index (χ1) is 16.3. The third kappa shape index (κ3) is 4.51. The second kappa shape index (κ2) is 9.93. The molecule has 0 bridgehead atoms. The summed E-state index contributed by atoms with van der Waals surface area (Å²) in [5, 5.41) is 4.67. The quantitative estimate of drug-likeness (QED) is 0.564. The average Bonchev–Trinajstić information content (AvgIpc) is 3.15. The van der Waals surface area contributed by atoms with Gasteiger partial charge in [0.1, 0.15) is 5.75 Å². The van der Waals surface area contributed by atoms with Crippen LogP contribution in [0.3, 0.4) is 0 Å². The van der Waals surface area contributed by atoms with Crippen LogP contribution < -0.4 is 15.0 Å². The third-order valence-corrected chi connectivity index (χ3v) is 8.17. The first kappa shape index (κ1) is 24.5. The molecule has 1 aromatic carbocycles. The van der Waals surface area contributed by atoms with Crippen LogP contribution in [0.15, 0.2) is 32.9 Å². The van der Waals surface area contributed by atoms with Crippen LogP contribution in [-0.2, 0) is 10.0 Å². The van der Waals surface area contributed by atoms with Gasteiger partial charge in [-0.3, -0.25) is 9.78 Å². The van der Waals surface area contributed by atoms with Gasteiger partial charge in [0.15, 0.2) is 5.82 Å². The van der Waals surface area contributed by atoms with E-state index in [1.807, 2.05) is 20.8 Å². The first-order valence-corrected chi connectivity index (χ1v) is 13.4. The number of hydrogen-bond acceptors (Lipinski definition) is 7. The Morgan fingerprint density at radius 3 is 2.56 bits per heavy atom. The van der Waals surface area contributed by atoms with Crippen LogP contribution in [0.4, 0.5) is 0 Å². The van der Waals surface area contributed by atoms with Crippen molar-refractivity contribution in [3.05, 3.63) is 34.2 Å². The van der Waals surface area contributed by atoms with Crippen molar-refractivity contribution in [2.75, 3.05) is 39.3 Å². The van der Waals surface area contributed by atoms with Crippen molar-refractivity contribution in [3.8, 4) is 17.1 Å². The fraction of sp³-hybridized carbons (Fsp3) is 0.565. The minimum absolute atomic E-state index is 0.153. The molecule has 34 heavy (non-hydrogen) atoms. The summed E-state index contributed by atoms with van der Waals surface area (Å²) in [5.74, 6) is 1.44. The van der Waals surface area contributed by atoms with Crippen molar-refractivity contribution < 1.29 is 17.8 Å². The molecule has 0 aliphatic carbocycles. The molecule has 184 valence electrons. The first-order valence-electron chi connectivity index (χ1n) is 11.9. The van der Waals surface area contributed by atoms with Gasteiger partial charge in [0, 0.05) is 26.2 Å². The zero-order valence-corrected chi connectivity index (χ0v) is 21.1. The minimum atomic E-state index is -3.70. The molecule has 2 aliphatic rings. The van der Waals surface area contributed by atoms with Gasteiger partial charge in [-0.2, -0.15) is 4.31 Å². The number of aromatic amines is 1. The largest absolute Gasteiger partial charge is 0.493 e. The van der Waals surface area contributed by atoms with Gasteiger partial charge in [-0.05, 0) is 45.0 Å². The summed E-state index contributed by atoms with van der Waals surface area (Å²) in [7, 11) is -3.70. The monoisotopic (exact) mass is 489 g/mol.